The van der Waals surface area contributed by atoms with Gasteiger partial charge in [-0.1, -0.05) is 39.8 Å². The highest BCUT2D eigenvalue weighted by Crippen LogP contribution is 2.40. The number of benzene rings is 1. The largest absolute Gasteiger partial charge is 0.497 e. The Balaban J connectivity index is 2.19. The summed E-state index contributed by atoms with van der Waals surface area (Å²) in [4.78, 5) is 43.6. The third-order valence-electron chi connectivity index (χ3n) is 11.2. The summed E-state index contributed by atoms with van der Waals surface area (Å²) in [5.74, 6) is -4.88. The Morgan fingerprint density at radius 2 is 1.69 bits per heavy atom. The predicted octanol–water partition coefficient (Wildman–Crippen LogP) is 3.32. The van der Waals surface area contributed by atoms with Crippen LogP contribution >= 0.6 is 0 Å². The second-order valence-corrected chi connectivity index (χ2v) is 15.6. The number of carbonyl (C=O) groups is 3. The van der Waals surface area contributed by atoms with Gasteiger partial charge >= 0.3 is 11.9 Å². The highest BCUT2D eigenvalue weighted by Gasteiger charge is 2.53. The second kappa shape index (κ2) is 18.1. The number of likely N-dealkylation sites (N-methyl/N-ethyl adjacent to an activating group) is 1. The van der Waals surface area contributed by atoms with Crippen molar-refractivity contribution in [2.75, 3.05) is 28.3 Å². The highest BCUT2D eigenvalue weighted by molar-refractivity contribution is 5.83. The molecule has 296 valence electrons. The Kier molecular flexibility index (Phi) is 15.2. The third-order valence-corrected chi connectivity index (χ3v) is 11.2. The molecule has 3 N–H and O–H groups in total. The summed E-state index contributed by atoms with van der Waals surface area (Å²) >= 11 is 0. The van der Waals surface area contributed by atoms with E-state index in [1.165, 1.54) is 28.1 Å². The van der Waals surface area contributed by atoms with Gasteiger partial charge in [0.1, 0.15) is 35.4 Å². The van der Waals surface area contributed by atoms with Crippen molar-refractivity contribution in [3.05, 3.63) is 29.8 Å². The van der Waals surface area contributed by atoms with E-state index in [-0.39, 0.29) is 37.2 Å². The van der Waals surface area contributed by atoms with E-state index in [2.05, 4.69) is 0 Å². The van der Waals surface area contributed by atoms with Crippen molar-refractivity contribution in [2.24, 2.45) is 23.7 Å². The fourth-order valence-corrected chi connectivity index (χ4v) is 7.93. The molecule has 0 bridgehead atoms. The first-order chi connectivity index (χ1) is 24.2. The lowest BCUT2D eigenvalue weighted by molar-refractivity contribution is -0.301. The van der Waals surface area contributed by atoms with Crippen molar-refractivity contribution in [2.45, 2.75) is 141 Å². The van der Waals surface area contributed by atoms with Crippen LogP contribution in [-0.2, 0) is 44.5 Å². The first-order valence-electron chi connectivity index (χ1n) is 18.4. The molecule has 0 saturated carbocycles. The number of hydrogen-bond acceptors (Lipinski definition) is 13. The minimum atomic E-state index is -1.99. The van der Waals surface area contributed by atoms with Gasteiger partial charge in [0.15, 0.2) is 6.29 Å². The Morgan fingerprint density at radius 1 is 1.04 bits per heavy atom. The lowest BCUT2D eigenvalue weighted by Crippen LogP contribution is -2.60. The van der Waals surface area contributed by atoms with Crippen LogP contribution < -0.4 is 4.74 Å². The number of aliphatic hydroxyl groups is 3. The molecule has 2 aliphatic heterocycles. The smallest absolute Gasteiger partial charge is 0.312 e. The molecular weight excluding hydrogens is 674 g/mol. The number of ether oxygens (including phenoxy) is 6. The van der Waals surface area contributed by atoms with Crippen molar-refractivity contribution in [3.63, 3.8) is 0 Å². The van der Waals surface area contributed by atoms with Gasteiger partial charge in [-0.3, -0.25) is 14.4 Å². The quantitative estimate of drug-likeness (QED) is 0.316. The molecule has 14 atom stereocenters. The van der Waals surface area contributed by atoms with E-state index < -0.39 is 83.6 Å². The molecule has 3 rings (SSSR count). The van der Waals surface area contributed by atoms with Crippen LogP contribution in [0.15, 0.2) is 24.3 Å². The van der Waals surface area contributed by atoms with Crippen LogP contribution in [0.25, 0.3) is 0 Å². The van der Waals surface area contributed by atoms with E-state index in [0.29, 0.717) is 17.7 Å². The van der Waals surface area contributed by atoms with E-state index in [1.54, 1.807) is 58.9 Å². The van der Waals surface area contributed by atoms with Crippen LogP contribution in [0.4, 0.5) is 0 Å². The number of rotatable bonds is 9. The minimum absolute atomic E-state index is 0.0759. The van der Waals surface area contributed by atoms with E-state index >= 15 is 0 Å². The maximum absolute atomic E-state index is 14.0. The van der Waals surface area contributed by atoms with Crippen LogP contribution in [0, 0.1) is 23.7 Å². The van der Waals surface area contributed by atoms with Gasteiger partial charge < -0.3 is 48.6 Å². The number of Topliss-reactive ketones (excluding diaryl/α,β-unsaturated/α-hetero) is 1. The van der Waals surface area contributed by atoms with Gasteiger partial charge in [-0.25, -0.2) is 0 Å². The molecule has 52 heavy (non-hydrogen) atoms. The van der Waals surface area contributed by atoms with Crippen LogP contribution in [0.2, 0.25) is 0 Å². The van der Waals surface area contributed by atoms with Crippen LogP contribution in [0.3, 0.4) is 0 Å². The van der Waals surface area contributed by atoms with E-state index in [1.807, 2.05) is 25.9 Å². The third kappa shape index (κ3) is 9.90. The van der Waals surface area contributed by atoms with Crippen molar-refractivity contribution in [1.29, 1.82) is 0 Å². The van der Waals surface area contributed by atoms with Gasteiger partial charge in [-0.2, -0.15) is 0 Å². The van der Waals surface area contributed by atoms with Gasteiger partial charge in [0, 0.05) is 30.9 Å². The lowest BCUT2D eigenvalue weighted by Gasteiger charge is -2.48. The topological polar surface area (TPSA) is 171 Å². The highest BCUT2D eigenvalue weighted by atomic mass is 16.7. The molecular formula is C39H63NO12. The molecule has 0 aliphatic carbocycles. The van der Waals surface area contributed by atoms with Gasteiger partial charge in [0.25, 0.3) is 0 Å². The molecule has 2 heterocycles. The van der Waals surface area contributed by atoms with Crippen LogP contribution in [-0.4, -0.2) is 126 Å². The molecule has 1 aromatic rings. The Morgan fingerprint density at radius 3 is 2.27 bits per heavy atom. The number of esters is 2. The summed E-state index contributed by atoms with van der Waals surface area (Å²) in [6, 6.07) is 6.68. The van der Waals surface area contributed by atoms with Crippen molar-refractivity contribution in [3.8, 4) is 5.75 Å². The first kappa shape index (κ1) is 43.8. The molecule has 0 radical (unpaired) electrons. The summed E-state index contributed by atoms with van der Waals surface area (Å²) in [6.45, 7) is 13.3. The number of carbonyl (C=O) groups excluding carboxylic acids is 3. The molecule has 13 heteroatoms. The molecule has 2 aliphatic rings. The van der Waals surface area contributed by atoms with Gasteiger partial charge in [-0.05, 0) is 78.7 Å². The molecule has 2 saturated heterocycles. The predicted molar refractivity (Wildman–Crippen MR) is 192 cm³/mol. The normalized spacial score (nSPS) is 39.8. The zero-order chi connectivity index (χ0) is 39.3. The van der Waals surface area contributed by atoms with Crippen LogP contribution in [0.1, 0.15) is 80.2 Å². The lowest BCUT2D eigenvalue weighted by atomic mass is 9.74. The monoisotopic (exact) mass is 737 g/mol. The first-order valence-corrected chi connectivity index (χ1v) is 18.4. The van der Waals surface area contributed by atoms with Gasteiger partial charge in [0.2, 0.25) is 0 Å². The fourth-order valence-electron chi connectivity index (χ4n) is 7.93. The average Bonchev–Trinajstić information content (AvgIpc) is 3.10. The second-order valence-electron chi connectivity index (χ2n) is 15.6. The van der Waals surface area contributed by atoms with Crippen molar-refractivity contribution in [1.82, 2.24) is 4.90 Å². The number of cyclic esters (lactones) is 1. The molecule has 2 fully saturated rings. The number of hydrogen-bond donors (Lipinski definition) is 3. The summed E-state index contributed by atoms with van der Waals surface area (Å²) in [6.07, 6.45) is -6.87. The summed E-state index contributed by atoms with van der Waals surface area (Å²) in [5, 5.41) is 34.5. The zero-order valence-electron chi connectivity index (χ0n) is 33.0. The molecule has 13 nitrogen and oxygen atoms in total. The maximum atomic E-state index is 14.0. The zero-order valence-corrected chi connectivity index (χ0v) is 33.0. The molecule has 0 amide bonds. The Labute approximate surface area is 309 Å². The molecule has 0 spiro atoms. The van der Waals surface area contributed by atoms with Crippen LogP contribution in [0.5, 0.6) is 5.75 Å². The van der Waals surface area contributed by atoms with Gasteiger partial charge in [0.05, 0.1) is 43.4 Å². The van der Waals surface area contributed by atoms with Crippen molar-refractivity contribution < 1.29 is 58.1 Å². The van der Waals surface area contributed by atoms with Gasteiger partial charge in [-0.15, -0.1) is 0 Å². The molecule has 0 unspecified atom stereocenters. The maximum Gasteiger partial charge on any atom is 0.312 e. The fraction of sp³-hybridized carbons (Fsp3) is 0.769. The summed E-state index contributed by atoms with van der Waals surface area (Å²) in [5.41, 5.74) is -2.66. The van der Waals surface area contributed by atoms with E-state index in [0.717, 1.165) is 0 Å². The van der Waals surface area contributed by atoms with E-state index in [9.17, 15) is 29.7 Å². The Bertz CT molecular complexity index is 1350. The number of methoxy groups -OCH3 is 2. The van der Waals surface area contributed by atoms with E-state index in [4.69, 9.17) is 28.4 Å². The Hall–Kier alpha value is -2.65. The number of nitrogens with zero attached hydrogens (tertiary/aromatic N) is 1. The SMILES string of the molecule is CC[C@H]1OC(=O)[C@H](C)[C@@H](OC(=O)Cc2cccc(OC)c2)[C@H](C)[C@@H](O[C@@H]2O[C@H](C)C[C@H](N(C)C)[C@H]2O)[C@@](C)(OC)C[C@@H](C)C(=O)[C@H](C)[C@@H](O)[C@]1(C)O. The van der Waals surface area contributed by atoms with Crippen molar-refractivity contribution >= 4 is 17.7 Å². The standard InChI is InChI=1S/C39H63NO12/c1-13-29-39(8,46)34(44)23(4)31(42)21(2)20-38(7,48-12)35(52-37-32(43)28(40(9)10)17-22(3)49-37)24(5)33(25(6)36(45)50-29)51-30(41)19-26-15-14-16-27(18-26)47-11/h14-16,18,21-25,28-29,32-35,37,43-44,46H,13,17,19-20H2,1-12H3/t21-,22-,23+,24+,25-,28+,29-,32-,33+,34-,35-,37+,38+,39-/m1/s1. The number of aliphatic hydroxyl groups excluding tert-OH is 2. The minimum Gasteiger partial charge on any atom is -0.497 e. The summed E-state index contributed by atoms with van der Waals surface area (Å²) in [7, 11) is 6.73. The molecule has 1 aromatic carbocycles. The summed E-state index contributed by atoms with van der Waals surface area (Å²) < 4.78 is 36.5. The molecule has 0 aromatic heterocycles. The average molecular weight is 738 g/mol. The number of ketones is 1.